The van der Waals surface area contributed by atoms with Gasteiger partial charge in [0.15, 0.2) is 16.4 Å². The molecule has 9 nitrogen and oxygen atoms in total. The van der Waals surface area contributed by atoms with E-state index >= 15 is 0 Å². The first kappa shape index (κ1) is 24.1. The number of aliphatic hydroxyl groups is 1. The van der Waals surface area contributed by atoms with E-state index in [2.05, 4.69) is 40.8 Å². The number of carboxylic acid groups (broad SMARTS) is 1. The maximum Gasteiger partial charge on any atom is 0.337 e. The standard InChI is InChI=1S/C23H25N5O4S2/c1-2-17(27-10-4-5-13-11-14(8-9-18(13)27)19(29)21(31)32)20(30)24-15-6-3-7-16(12-15)28-22(33)25-26-23(28)34/h3,6-9,11-12,17,19,29H,2,4-5,10H2,1H3,(H,24,30)(H,25,33)(H,26,34)(H,31,32). The topological polar surface area (TPSA) is 121 Å². The second-order valence-electron chi connectivity index (χ2n) is 8.02. The second-order valence-corrected chi connectivity index (χ2v) is 8.82. The minimum absolute atomic E-state index is 0.150. The average molecular weight is 500 g/mol. The number of hydrogen-bond acceptors (Lipinski definition) is 8. The van der Waals surface area contributed by atoms with E-state index in [9.17, 15) is 14.7 Å². The fourth-order valence-electron chi connectivity index (χ4n) is 4.28. The van der Waals surface area contributed by atoms with Gasteiger partial charge in [0.25, 0.3) is 0 Å². The first-order valence-corrected chi connectivity index (χ1v) is 11.7. The Bertz CT molecular complexity index is 1210. The van der Waals surface area contributed by atoms with Crippen LogP contribution >= 0.6 is 25.3 Å². The van der Waals surface area contributed by atoms with Crippen LogP contribution in [-0.2, 0) is 16.0 Å². The maximum atomic E-state index is 13.3. The zero-order valence-electron chi connectivity index (χ0n) is 18.4. The van der Waals surface area contributed by atoms with Gasteiger partial charge in [-0.3, -0.25) is 9.36 Å². The smallest absolute Gasteiger partial charge is 0.337 e. The number of nitrogens with one attached hydrogen (secondary N) is 1. The van der Waals surface area contributed by atoms with E-state index in [1.807, 2.05) is 24.0 Å². The Morgan fingerprint density at radius 1 is 1.15 bits per heavy atom. The molecule has 3 N–H and O–H groups in total. The number of carbonyl (C=O) groups is 2. The summed E-state index contributed by atoms with van der Waals surface area (Å²) >= 11 is 8.61. The molecule has 0 spiro atoms. The molecule has 11 heteroatoms. The molecule has 2 unspecified atom stereocenters. The first-order chi connectivity index (χ1) is 16.3. The zero-order chi connectivity index (χ0) is 24.4. The summed E-state index contributed by atoms with van der Waals surface area (Å²) in [6.07, 6.45) is 0.585. The Balaban J connectivity index is 1.57. The highest BCUT2D eigenvalue weighted by Crippen LogP contribution is 2.32. The van der Waals surface area contributed by atoms with Crippen molar-refractivity contribution in [1.29, 1.82) is 0 Å². The number of benzene rings is 2. The van der Waals surface area contributed by atoms with Gasteiger partial charge in [-0.2, -0.15) is 0 Å². The number of amides is 1. The Morgan fingerprint density at radius 2 is 1.88 bits per heavy atom. The van der Waals surface area contributed by atoms with Gasteiger partial charge in [-0.25, -0.2) is 4.79 Å². The molecule has 4 rings (SSSR count). The molecule has 0 saturated carbocycles. The molecule has 1 aromatic heterocycles. The average Bonchev–Trinajstić information content (AvgIpc) is 3.16. The van der Waals surface area contributed by atoms with Gasteiger partial charge in [0, 0.05) is 17.9 Å². The van der Waals surface area contributed by atoms with Crippen LogP contribution in [0.5, 0.6) is 0 Å². The van der Waals surface area contributed by atoms with Crippen LogP contribution < -0.4 is 10.2 Å². The van der Waals surface area contributed by atoms with E-state index in [4.69, 9.17) is 5.11 Å². The number of anilines is 2. The number of thiol groups is 2. The van der Waals surface area contributed by atoms with Gasteiger partial charge in [-0.15, -0.1) is 35.5 Å². The van der Waals surface area contributed by atoms with Crippen molar-refractivity contribution in [3.05, 3.63) is 53.6 Å². The first-order valence-electron chi connectivity index (χ1n) is 10.8. The normalized spacial score (nSPS) is 14.9. The minimum atomic E-state index is -1.57. The number of fused-ring (bicyclic) bond motifs is 1. The van der Waals surface area contributed by atoms with Crippen LogP contribution in [0.4, 0.5) is 11.4 Å². The predicted octanol–water partition coefficient (Wildman–Crippen LogP) is 3.13. The maximum absolute atomic E-state index is 13.3. The van der Waals surface area contributed by atoms with E-state index in [0.29, 0.717) is 34.5 Å². The van der Waals surface area contributed by atoms with Gasteiger partial charge in [-0.05, 0) is 54.7 Å². The fraction of sp³-hybridized carbons (Fsp3) is 0.304. The summed E-state index contributed by atoms with van der Waals surface area (Å²) in [5.74, 6) is -1.44. The third-order valence-electron chi connectivity index (χ3n) is 5.87. The number of aliphatic carboxylic acids is 1. The van der Waals surface area contributed by atoms with Crippen molar-refractivity contribution in [2.75, 3.05) is 16.8 Å². The number of nitrogens with zero attached hydrogens (tertiary/aromatic N) is 4. The van der Waals surface area contributed by atoms with Gasteiger partial charge in [0.05, 0.1) is 5.69 Å². The molecule has 0 aliphatic carbocycles. The van der Waals surface area contributed by atoms with Crippen LogP contribution in [0.3, 0.4) is 0 Å². The quantitative estimate of drug-likeness (QED) is 0.317. The molecule has 0 radical (unpaired) electrons. The third kappa shape index (κ3) is 4.77. The summed E-state index contributed by atoms with van der Waals surface area (Å²) in [6, 6.07) is 12.0. The molecule has 1 aliphatic rings. The highest BCUT2D eigenvalue weighted by atomic mass is 32.1. The molecule has 2 heterocycles. The molecule has 1 amide bonds. The number of aryl methyl sites for hydroxylation is 1. The number of hydrogen-bond donors (Lipinski definition) is 5. The minimum Gasteiger partial charge on any atom is -0.479 e. The van der Waals surface area contributed by atoms with E-state index in [0.717, 1.165) is 29.8 Å². The summed E-state index contributed by atoms with van der Waals surface area (Å²) in [4.78, 5) is 26.5. The molecule has 3 aromatic rings. The van der Waals surface area contributed by atoms with Crippen molar-refractivity contribution >= 4 is 48.5 Å². The van der Waals surface area contributed by atoms with E-state index in [-0.39, 0.29) is 5.91 Å². The summed E-state index contributed by atoms with van der Waals surface area (Å²) in [5, 5.41) is 30.6. The lowest BCUT2D eigenvalue weighted by atomic mass is 9.95. The van der Waals surface area contributed by atoms with Crippen LogP contribution in [0, 0.1) is 0 Å². The van der Waals surface area contributed by atoms with Gasteiger partial charge in [0.2, 0.25) is 5.91 Å². The number of carboxylic acids is 1. The van der Waals surface area contributed by atoms with Crippen molar-refractivity contribution in [3.63, 3.8) is 0 Å². The Morgan fingerprint density at radius 3 is 2.56 bits per heavy atom. The Kier molecular flexibility index (Phi) is 7.15. The SMILES string of the molecule is CCC(C(=O)Nc1cccc(-n2c(S)nnc2S)c1)N1CCCc2cc(C(O)C(=O)O)ccc21. The monoisotopic (exact) mass is 499 g/mol. The van der Waals surface area contributed by atoms with Crippen LogP contribution in [0.2, 0.25) is 0 Å². The summed E-state index contributed by atoms with van der Waals surface area (Å²) in [6.45, 7) is 2.65. The molecule has 2 aromatic carbocycles. The van der Waals surface area contributed by atoms with Crippen LogP contribution in [0.25, 0.3) is 5.69 Å². The molecular formula is C23H25N5O4S2. The highest BCUT2D eigenvalue weighted by Gasteiger charge is 2.29. The van der Waals surface area contributed by atoms with Crippen LogP contribution in [0.15, 0.2) is 52.8 Å². The van der Waals surface area contributed by atoms with E-state index in [1.54, 1.807) is 34.9 Å². The lowest BCUT2D eigenvalue weighted by Gasteiger charge is -2.37. The molecule has 0 bridgehead atoms. The molecule has 178 valence electrons. The van der Waals surface area contributed by atoms with Crippen molar-refractivity contribution in [3.8, 4) is 5.69 Å². The fourth-order valence-corrected chi connectivity index (χ4v) is 4.87. The number of aromatic nitrogens is 3. The van der Waals surface area contributed by atoms with Crippen molar-refractivity contribution in [2.24, 2.45) is 0 Å². The lowest BCUT2D eigenvalue weighted by Crippen LogP contribution is -2.46. The summed E-state index contributed by atoms with van der Waals surface area (Å²) < 4.78 is 1.66. The molecule has 2 atom stereocenters. The third-order valence-corrected chi connectivity index (χ3v) is 6.45. The van der Waals surface area contributed by atoms with Gasteiger partial charge in [0.1, 0.15) is 6.04 Å². The number of carbonyl (C=O) groups excluding carboxylic acids is 1. The van der Waals surface area contributed by atoms with Crippen molar-refractivity contribution in [2.45, 2.75) is 48.6 Å². The van der Waals surface area contributed by atoms with Gasteiger partial charge < -0.3 is 20.4 Å². The molecule has 34 heavy (non-hydrogen) atoms. The van der Waals surface area contributed by atoms with E-state index < -0.39 is 18.1 Å². The van der Waals surface area contributed by atoms with Crippen LogP contribution in [0.1, 0.15) is 37.0 Å². The number of aliphatic hydroxyl groups excluding tert-OH is 1. The van der Waals surface area contributed by atoms with E-state index in [1.165, 1.54) is 0 Å². The molecule has 0 saturated heterocycles. The highest BCUT2D eigenvalue weighted by molar-refractivity contribution is 7.80. The largest absolute Gasteiger partial charge is 0.479 e. The summed E-state index contributed by atoms with van der Waals surface area (Å²) in [5.41, 5.74) is 3.48. The zero-order valence-corrected chi connectivity index (χ0v) is 20.2. The Hall–Kier alpha value is -3.02. The molecule has 0 fully saturated rings. The second kappa shape index (κ2) is 10.1. The number of rotatable bonds is 7. The van der Waals surface area contributed by atoms with Crippen molar-refractivity contribution < 1.29 is 19.8 Å². The Labute approximate surface area is 207 Å². The van der Waals surface area contributed by atoms with Crippen LogP contribution in [-0.4, -0.2) is 49.4 Å². The molecular weight excluding hydrogens is 474 g/mol. The van der Waals surface area contributed by atoms with Gasteiger partial charge in [-0.1, -0.05) is 25.1 Å². The van der Waals surface area contributed by atoms with Crippen molar-refractivity contribution in [1.82, 2.24) is 14.8 Å². The lowest BCUT2D eigenvalue weighted by molar-refractivity contribution is -0.146. The van der Waals surface area contributed by atoms with Gasteiger partial charge >= 0.3 is 5.97 Å². The summed E-state index contributed by atoms with van der Waals surface area (Å²) in [7, 11) is 0. The predicted molar refractivity (Wildman–Crippen MR) is 133 cm³/mol. The molecule has 1 aliphatic heterocycles.